The summed E-state index contributed by atoms with van der Waals surface area (Å²) in [6.07, 6.45) is 3.31. The smallest absolute Gasteiger partial charge is 0.278 e. The van der Waals surface area contributed by atoms with Crippen molar-refractivity contribution in [1.29, 1.82) is 0 Å². The van der Waals surface area contributed by atoms with Gasteiger partial charge in [-0.25, -0.2) is 0 Å². The van der Waals surface area contributed by atoms with Gasteiger partial charge < -0.3 is 5.32 Å². The zero-order chi connectivity index (χ0) is 21.3. The van der Waals surface area contributed by atoms with Gasteiger partial charge in [0.05, 0.1) is 12.1 Å². The number of aryl methyl sites for hydroxylation is 2. The Balaban J connectivity index is 1.76. The number of hydrogen-bond acceptors (Lipinski definition) is 4. The van der Waals surface area contributed by atoms with Crippen LogP contribution in [0.4, 0.5) is 5.69 Å². The molecule has 30 heavy (non-hydrogen) atoms. The Kier molecular flexibility index (Phi) is 5.38. The van der Waals surface area contributed by atoms with E-state index < -0.39 is 0 Å². The molecule has 0 radical (unpaired) electrons. The van der Waals surface area contributed by atoms with E-state index in [1.165, 1.54) is 4.90 Å². The molecular weight excluding hydrogens is 398 g/mol. The third-order valence-electron chi connectivity index (χ3n) is 5.01. The van der Waals surface area contributed by atoms with Crippen LogP contribution in [0.5, 0.6) is 0 Å². The summed E-state index contributed by atoms with van der Waals surface area (Å²) in [5.74, 6) is -0.716. The fourth-order valence-electron chi connectivity index (χ4n) is 3.48. The average molecular weight is 418 g/mol. The predicted molar refractivity (Wildman–Crippen MR) is 118 cm³/mol. The maximum atomic E-state index is 13.3. The lowest BCUT2D eigenvalue weighted by Crippen LogP contribution is -2.32. The molecule has 0 unspecified atom stereocenters. The van der Waals surface area contributed by atoms with Crippen molar-refractivity contribution in [2.24, 2.45) is 0 Å². The standard InChI is InChI=1S/C24H20ClN3O2/c1-15-5-10-20(16(2)12-15)27-22-21(18-6-8-19(25)9-7-18)23(29)28(24(22)30)14-17-4-3-11-26-13-17/h3-13,27H,14H2,1-2H3. The van der Waals surface area contributed by atoms with E-state index in [4.69, 9.17) is 11.6 Å². The van der Waals surface area contributed by atoms with Crippen LogP contribution in [0.2, 0.25) is 5.02 Å². The summed E-state index contributed by atoms with van der Waals surface area (Å²) in [5.41, 5.74) is 4.91. The molecule has 0 bridgehead atoms. The summed E-state index contributed by atoms with van der Waals surface area (Å²) in [6, 6.07) is 16.4. The van der Waals surface area contributed by atoms with Crippen LogP contribution < -0.4 is 5.32 Å². The molecule has 1 N–H and O–H groups in total. The summed E-state index contributed by atoms with van der Waals surface area (Å²) in [5, 5.41) is 3.78. The number of aromatic nitrogens is 1. The monoisotopic (exact) mass is 417 g/mol. The molecule has 1 aliphatic heterocycles. The van der Waals surface area contributed by atoms with Crippen LogP contribution in [0.15, 0.2) is 72.7 Å². The molecule has 6 heteroatoms. The second-order valence-electron chi connectivity index (χ2n) is 7.26. The number of nitrogens with one attached hydrogen (secondary N) is 1. The predicted octanol–water partition coefficient (Wildman–Crippen LogP) is 4.74. The molecule has 3 aromatic rings. The van der Waals surface area contributed by atoms with E-state index in [0.29, 0.717) is 16.2 Å². The van der Waals surface area contributed by atoms with Crippen molar-refractivity contribution in [1.82, 2.24) is 9.88 Å². The maximum Gasteiger partial charge on any atom is 0.278 e. The lowest BCUT2D eigenvalue weighted by Gasteiger charge is -2.15. The summed E-state index contributed by atoms with van der Waals surface area (Å²) >= 11 is 6.02. The molecular formula is C24H20ClN3O2. The Morgan fingerprint density at radius 3 is 2.43 bits per heavy atom. The molecule has 5 nitrogen and oxygen atoms in total. The molecule has 2 aromatic carbocycles. The first-order valence-electron chi connectivity index (χ1n) is 9.53. The molecule has 0 saturated carbocycles. The third-order valence-corrected chi connectivity index (χ3v) is 5.26. The topological polar surface area (TPSA) is 62.3 Å². The van der Waals surface area contributed by atoms with Crippen LogP contribution in [-0.2, 0) is 16.1 Å². The lowest BCUT2D eigenvalue weighted by atomic mass is 10.0. The van der Waals surface area contributed by atoms with Crippen molar-refractivity contribution in [3.8, 4) is 0 Å². The normalized spacial score (nSPS) is 13.9. The number of benzene rings is 2. The number of carbonyl (C=O) groups is 2. The Morgan fingerprint density at radius 2 is 1.77 bits per heavy atom. The van der Waals surface area contributed by atoms with Crippen LogP contribution in [0, 0.1) is 13.8 Å². The molecule has 4 rings (SSSR count). The highest BCUT2D eigenvalue weighted by Gasteiger charge is 2.39. The highest BCUT2D eigenvalue weighted by molar-refractivity contribution is 6.36. The summed E-state index contributed by atoms with van der Waals surface area (Å²) < 4.78 is 0. The van der Waals surface area contributed by atoms with Crippen molar-refractivity contribution in [3.63, 3.8) is 0 Å². The minimum absolute atomic E-state index is 0.153. The molecule has 2 amide bonds. The molecule has 0 aliphatic carbocycles. The first-order chi connectivity index (χ1) is 14.4. The van der Waals surface area contributed by atoms with Crippen LogP contribution in [0.25, 0.3) is 5.57 Å². The Bertz CT molecular complexity index is 1150. The number of halogens is 1. The van der Waals surface area contributed by atoms with Crippen molar-refractivity contribution in [3.05, 3.63) is 100.0 Å². The molecule has 0 fully saturated rings. The van der Waals surface area contributed by atoms with E-state index >= 15 is 0 Å². The van der Waals surface area contributed by atoms with Crippen molar-refractivity contribution < 1.29 is 9.59 Å². The van der Waals surface area contributed by atoms with Gasteiger partial charge in [0.25, 0.3) is 11.8 Å². The van der Waals surface area contributed by atoms with Crippen LogP contribution in [0.1, 0.15) is 22.3 Å². The molecule has 0 atom stereocenters. The largest absolute Gasteiger partial charge is 0.350 e. The van der Waals surface area contributed by atoms with E-state index in [1.807, 2.05) is 38.1 Å². The van der Waals surface area contributed by atoms with Gasteiger partial charge in [0.1, 0.15) is 5.70 Å². The van der Waals surface area contributed by atoms with Gasteiger partial charge >= 0.3 is 0 Å². The van der Waals surface area contributed by atoms with Gasteiger partial charge in [-0.2, -0.15) is 0 Å². The van der Waals surface area contributed by atoms with Crippen molar-refractivity contribution >= 4 is 34.7 Å². The summed E-state index contributed by atoms with van der Waals surface area (Å²) in [6.45, 7) is 4.13. The van der Waals surface area contributed by atoms with Crippen LogP contribution >= 0.6 is 11.6 Å². The Labute approximate surface area is 180 Å². The quantitative estimate of drug-likeness (QED) is 0.609. The first kappa shape index (κ1) is 19.9. The SMILES string of the molecule is Cc1ccc(NC2=C(c3ccc(Cl)cc3)C(=O)N(Cc3cccnc3)C2=O)c(C)c1. The first-order valence-corrected chi connectivity index (χ1v) is 9.91. The summed E-state index contributed by atoms with van der Waals surface area (Å²) in [7, 11) is 0. The number of hydrogen-bond donors (Lipinski definition) is 1. The summed E-state index contributed by atoms with van der Waals surface area (Å²) in [4.78, 5) is 31.9. The van der Waals surface area contributed by atoms with E-state index in [1.54, 1.807) is 42.7 Å². The number of imide groups is 1. The van der Waals surface area contributed by atoms with Gasteiger partial charge in [-0.05, 0) is 54.8 Å². The Morgan fingerprint density at radius 1 is 1.00 bits per heavy atom. The van der Waals surface area contributed by atoms with Crippen molar-refractivity contribution in [2.45, 2.75) is 20.4 Å². The van der Waals surface area contributed by atoms with Gasteiger partial charge in [-0.1, -0.05) is 47.5 Å². The highest BCUT2D eigenvalue weighted by atomic mass is 35.5. The molecule has 150 valence electrons. The minimum Gasteiger partial charge on any atom is -0.350 e. The number of amides is 2. The molecule has 0 spiro atoms. The number of carbonyl (C=O) groups excluding carboxylic acids is 2. The zero-order valence-corrected chi connectivity index (χ0v) is 17.4. The van der Waals surface area contributed by atoms with Crippen LogP contribution in [0.3, 0.4) is 0 Å². The van der Waals surface area contributed by atoms with E-state index in [2.05, 4.69) is 10.3 Å². The average Bonchev–Trinajstić information content (AvgIpc) is 2.96. The van der Waals surface area contributed by atoms with Gasteiger partial charge in [-0.3, -0.25) is 19.5 Å². The maximum absolute atomic E-state index is 13.3. The second kappa shape index (κ2) is 8.13. The van der Waals surface area contributed by atoms with Gasteiger partial charge in [0.2, 0.25) is 0 Å². The number of nitrogens with zero attached hydrogens (tertiary/aromatic N) is 2. The molecule has 2 heterocycles. The van der Waals surface area contributed by atoms with E-state index in [9.17, 15) is 9.59 Å². The Hall–Kier alpha value is -3.44. The molecule has 1 aliphatic rings. The molecule has 1 aromatic heterocycles. The lowest BCUT2D eigenvalue weighted by molar-refractivity contribution is -0.137. The minimum atomic E-state index is -0.367. The number of rotatable bonds is 5. The second-order valence-corrected chi connectivity index (χ2v) is 7.69. The number of pyridine rings is 1. The fourth-order valence-corrected chi connectivity index (χ4v) is 3.61. The van der Waals surface area contributed by atoms with Crippen molar-refractivity contribution in [2.75, 3.05) is 5.32 Å². The van der Waals surface area contributed by atoms with Gasteiger partial charge in [0.15, 0.2) is 0 Å². The highest BCUT2D eigenvalue weighted by Crippen LogP contribution is 2.32. The van der Waals surface area contributed by atoms with Gasteiger partial charge in [0, 0.05) is 23.1 Å². The van der Waals surface area contributed by atoms with Crippen LogP contribution in [-0.4, -0.2) is 21.7 Å². The third kappa shape index (κ3) is 3.84. The van der Waals surface area contributed by atoms with E-state index in [-0.39, 0.29) is 24.1 Å². The number of anilines is 1. The van der Waals surface area contributed by atoms with Gasteiger partial charge in [-0.15, -0.1) is 0 Å². The zero-order valence-electron chi connectivity index (χ0n) is 16.6. The molecule has 0 saturated heterocycles. The fraction of sp³-hybridized carbons (Fsp3) is 0.125. The van der Waals surface area contributed by atoms with E-state index in [0.717, 1.165) is 22.4 Å².